The molecular formula is C29H32N6O2S. The van der Waals surface area contributed by atoms with Crippen molar-refractivity contribution >= 4 is 29.6 Å². The van der Waals surface area contributed by atoms with Crippen molar-refractivity contribution in [2.75, 3.05) is 30.3 Å². The van der Waals surface area contributed by atoms with E-state index in [9.17, 15) is 4.79 Å². The Bertz CT molecular complexity index is 1330. The van der Waals surface area contributed by atoms with Gasteiger partial charge in [-0.05, 0) is 62.7 Å². The Hall–Kier alpha value is -4.11. The highest BCUT2D eigenvalue weighted by atomic mass is 32.2. The van der Waals surface area contributed by atoms with Crippen LogP contribution >= 0.6 is 11.8 Å². The first-order valence-electron chi connectivity index (χ1n) is 12.7. The van der Waals surface area contributed by atoms with Crippen molar-refractivity contribution in [1.29, 1.82) is 0 Å². The summed E-state index contributed by atoms with van der Waals surface area (Å²) in [6.45, 7) is 8.73. The van der Waals surface area contributed by atoms with Gasteiger partial charge in [0.1, 0.15) is 5.75 Å². The van der Waals surface area contributed by atoms with E-state index >= 15 is 0 Å². The van der Waals surface area contributed by atoms with Crippen LogP contribution in [-0.2, 0) is 4.79 Å². The molecule has 0 saturated carbocycles. The summed E-state index contributed by atoms with van der Waals surface area (Å²) in [5.74, 6) is 1.40. The van der Waals surface area contributed by atoms with E-state index in [2.05, 4.69) is 51.6 Å². The van der Waals surface area contributed by atoms with Gasteiger partial charge < -0.3 is 9.64 Å². The summed E-state index contributed by atoms with van der Waals surface area (Å²) >= 11 is 1.30. The Morgan fingerprint density at radius 3 is 2.34 bits per heavy atom. The fourth-order valence-corrected chi connectivity index (χ4v) is 4.67. The predicted molar refractivity (Wildman–Crippen MR) is 154 cm³/mol. The number of hydrogen-bond donors (Lipinski definition) is 1. The van der Waals surface area contributed by atoms with E-state index in [4.69, 9.17) is 4.74 Å². The SMILES string of the molecule is CCOc1ccc(-n2c(SCC(=O)N/N=C\c3ccc(N(CC)CC)cc3)nnc2-c2ccccc2)cc1. The van der Waals surface area contributed by atoms with Gasteiger partial charge in [-0.15, -0.1) is 10.2 Å². The zero-order valence-electron chi connectivity index (χ0n) is 21.9. The van der Waals surface area contributed by atoms with Crippen molar-refractivity contribution in [1.82, 2.24) is 20.2 Å². The van der Waals surface area contributed by atoms with Crippen LogP contribution in [0.3, 0.4) is 0 Å². The topological polar surface area (TPSA) is 84.6 Å². The highest BCUT2D eigenvalue weighted by molar-refractivity contribution is 7.99. The maximum absolute atomic E-state index is 12.5. The summed E-state index contributed by atoms with van der Waals surface area (Å²) in [4.78, 5) is 14.8. The smallest absolute Gasteiger partial charge is 0.250 e. The van der Waals surface area contributed by atoms with E-state index in [1.54, 1.807) is 6.21 Å². The van der Waals surface area contributed by atoms with Crippen LogP contribution in [0.15, 0.2) is 89.1 Å². The number of anilines is 1. The Balaban J connectivity index is 1.44. The second-order valence-electron chi connectivity index (χ2n) is 8.28. The van der Waals surface area contributed by atoms with Crippen molar-refractivity contribution in [3.8, 4) is 22.8 Å². The van der Waals surface area contributed by atoms with Crippen LogP contribution < -0.4 is 15.1 Å². The van der Waals surface area contributed by atoms with Crippen LogP contribution in [0.25, 0.3) is 17.1 Å². The number of nitrogens with zero attached hydrogens (tertiary/aromatic N) is 5. The standard InChI is InChI=1S/C29H32N6O2S/c1-4-34(5-2)24-14-12-22(13-15-24)20-30-31-27(36)21-38-29-33-32-28(23-10-8-7-9-11-23)35(29)25-16-18-26(19-17-25)37-6-3/h7-20H,4-6,21H2,1-3H3,(H,31,36)/b30-20-. The number of benzene rings is 3. The maximum atomic E-state index is 12.5. The normalized spacial score (nSPS) is 11.0. The molecule has 38 heavy (non-hydrogen) atoms. The number of thioether (sulfide) groups is 1. The van der Waals surface area contributed by atoms with Gasteiger partial charge in [0.05, 0.1) is 18.6 Å². The molecule has 0 fully saturated rings. The summed E-state index contributed by atoms with van der Waals surface area (Å²) < 4.78 is 7.53. The minimum Gasteiger partial charge on any atom is -0.494 e. The molecule has 1 aromatic heterocycles. The number of amides is 1. The molecule has 0 aliphatic heterocycles. The Morgan fingerprint density at radius 2 is 1.68 bits per heavy atom. The maximum Gasteiger partial charge on any atom is 0.250 e. The van der Waals surface area contributed by atoms with Gasteiger partial charge in [-0.2, -0.15) is 5.10 Å². The molecule has 0 aliphatic carbocycles. The average Bonchev–Trinajstić information content (AvgIpc) is 3.38. The molecule has 8 nitrogen and oxygen atoms in total. The molecule has 196 valence electrons. The van der Waals surface area contributed by atoms with E-state index in [0.29, 0.717) is 17.6 Å². The van der Waals surface area contributed by atoms with Crippen molar-refractivity contribution in [2.24, 2.45) is 5.10 Å². The van der Waals surface area contributed by atoms with Crippen LogP contribution in [0, 0.1) is 0 Å². The monoisotopic (exact) mass is 528 g/mol. The number of rotatable bonds is 12. The Kier molecular flexibility index (Phi) is 9.53. The first-order valence-corrected chi connectivity index (χ1v) is 13.6. The number of hydrazone groups is 1. The van der Waals surface area contributed by atoms with Crippen molar-refractivity contribution in [2.45, 2.75) is 25.9 Å². The lowest BCUT2D eigenvalue weighted by Crippen LogP contribution is -2.21. The molecule has 0 bridgehead atoms. The molecule has 0 unspecified atom stereocenters. The lowest BCUT2D eigenvalue weighted by molar-refractivity contribution is -0.118. The largest absolute Gasteiger partial charge is 0.494 e. The molecule has 4 rings (SSSR count). The molecule has 0 radical (unpaired) electrons. The fourth-order valence-electron chi connectivity index (χ4n) is 3.93. The van der Waals surface area contributed by atoms with Gasteiger partial charge in [-0.3, -0.25) is 9.36 Å². The first-order chi connectivity index (χ1) is 18.6. The summed E-state index contributed by atoms with van der Waals surface area (Å²) in [5, 5.41) is 13.5. The number of nitrogens with one attached hydrogen (secondary N) is 1. The van der Waals surface area contributed by atoms with Gasteiger partial charge in [0.25, 0.3) is 5.91 Å². The molecule has 1 heterocycles. The van der Waals surface area contributed by atoms with E-state index in [1.165, 1.54) is 17.4 Å². The molecule has 0 spiro atoms. The minimum atomic E-state index is -0.228. The van der Waals surface area contributed by atoms with Crippen molar-refractivity contribution in [3.05, 3.63) is 84.4 Å². The van der Waals surface area contributed by atoms with Gasteiger partial charge in [-0.1, -0.05) is 54.2 Å². The summed E-state index contributed by atoms with van der Waals surface area (Å²) in [5.41, 5.74) is 6.50. The summed E-state index contributed by atoms with van der Waals surface area (Å²) in [6.07, 6.45) is 1.64. The number of ether oxygens (including phenoxy) is 1. The third kappa shape index (κ3) is 6.80. The van der Waals surface area contributed by atoms with Gasteiger partial charge in [0, 0.05) is 30.0 Å². The molecule has 0 aliphatic rings. The minimum absolute atomic E-state index is 0.141. The van der Waals surface area contributed by atoms with Crippen LogP contribution in [0.2, 0.25) is 0 Å². The van der Waals surface area contributed by atoms with Crippen molar-refractivity contribution < 1.29 is 9.53 Å². The second-order valence-corrected chi connectivity index (χ2v) is 9.22. The van der Waals surface area contributed by atoms with E-state index in [-0.39, 0.29) is 11.7 Å². The average molecular weight is 529 g/mol. The van der Waals surface area contributed by atoms with Crippen LogP contribution in [0.4, 0.5) is 5.69 Å². The number of hydrogen-bond acceptors (Lipinski definition) is 7. The van der Waals surface area contributed by atoms with Gasteiger partial charge in [-0.25, -0.2) is 5.43 Å². The molecule has 3 aromatic carbocycles. The molecule has 0 saturated heterocycles. The predicted octanol–water partition coefficient (Wildman–Crippen LogP) is 5.42. The van der Waals surface area contributed by atoms with Gasteiger partial charge >= 0.3 is 0 Å². The number of aromatic nitrogens is 3. The highest BCUT2D eigenvalue weighted by Crippen LogP contribution is 2.28. The quantitative estimate of drug-likeness (QED) is 0.150. The van der Waals surface area contributed by atoms with Crippen LogP contribution in [0.5, 0.6) is 5.75 Å². The zero-order chi connectivity index (χ0) is 26.7. The van der Waals surface area contributed by atoms with Crippen molar-refractivity contribution in [3.63, 3.8) is 0 Å². The highest BCUT2D eigenvalue weighted by Gasteiger charge is 2.17. The third-order valence-electron chi connectivity index (χ3n) is 5.83. The van der Waals surface area contributed by atoms with E-state index in [0.717, 1.165) is 35.7 Å². The molecule has 9 heteroatoms. The number of carbonyl (C=O) groups is 1. The van der Waals surface area contributed by atoms with E-state index in [1.807, 2.05) is 78.2 Å². The van der Waals surface area contributed by atoms with Crippen LogP contribution in [-0.4, -0.2) is 52.3 Å². The molecule has 0 atom stereocenters. The van der Waals surface area contributed by atoms with E-state index < -0.39 is 0 Å². The second kappa shape index (κ2) is 13.4. The van der Waals surface area contributed by atoms with Crippen LogP contribution in [0.1, 0.15) is 26.3 Å². The van der Waals surface area contributed by atoms with Gasteiger partial charge in [0.15, 0.2) is 11.0 Å². The number of carbonyl (C=O) groups excluding carboxylic acids is 1. The van der Waals surface area contributed by atoms with Gasteiger partial charge in [0.2, 0.25) is 0 Å². The lowest BCUT2D eigenvalue weighted by atomic mass is 10.2. The zero-order valence-corrected chi connectivity index (χ0v) is 22.7. The molecular weight excluding hydrogens is 496 g/mol. The molecule has 1 N–H and O–H groups in total. The lowest BCUT2D eigenvalue weighted by Gasteiger charge is -2.20. The fraction of sp³-hybridized carbons (Fsp3) is 0.241. The molecule has 4 aromatic rings. The Labute approximate surface area is 227 Å². The summed E-state index contributed by atoms with van der Waals surface area (Å²) in [6, 6.07) is 25.7. The Morgan fingerprint density at radius 1 is 0.974 bits per heavy atom. The summed E-state index contributed by atoms with van der Waals surface area (Å²) in [7, 11) is 0. The third-order valence-corrected chi connectivity index (χ3v) is 6.76. The molecule has 1 amide bonds. The first kappa shape index (κ1) is 26.9.